The van der Waals surface area contributed by atoms with E-state index in [1.807, 2.05) is 7.05 Å². The predicted octanol–water partition coefficient (Wildman–Crippen LogP) is 3.03. The molecule has 2 rings (SSSR count). The molecule has 1 aromatic rings. The lowest BCUT2D eigenvalue weighted by molar-refractivity contribution is 0.480. The first-order chi connectivity index (χ1) is 9.05. The Bertz CT molecular complexity index is 513. The van der Waals surface area contributed by atoms with E-state index in [-0.39, 0.29) is 11.3 Å². The van der Waals surface area contributed by atoms with Crippen molar-refractivity contribution in [3.05, 3.63) is 29.3 Å². The third-order valence-corrected chi connectivity index (χ3v) is 6.41. The van der Waals surface area contributed by atoms with Crippen molar-refractivity contribution in [2.75, 3.05) is 7.05 Å². The molecule has 1 aliphatic carbocycles. The first-order valence-corrected chi connectivity index (χ1v) is 8.65. The lowest BCUT2D eigenvalue weighted by Gasteiger charge is -2.24. The average molecular weight is 302 g/mol. The van der Waals surface area contributed by atoms with Crippen LogP contribution < -0.4 is 5.32 Å². The molecule has 3 nitrogen and oxygen atoms in total. The Kier molecular flexibility index (Phi) is 4.87. The van der Waals surface area contributed by atoms with E-state index in [1.165, 1.54) is 0 Å². The molecule has 1 saturated carbocycles. The van der Waals surface area contributed by atoms with Crippen LogP contribution in [0, 0.1) is 0 Å². The molecule has 106 valence electrons. The van der Waals surface area contributed by atoms with Gasteiger partial charge in [-0.25, -0.2) is 8.42 Å². The van der Waals surface area contributed by atoms with E-state index in [2.05, 4.69) is 5.32 Å². The average Bonchev–Trinajstić information content (AvgIpc) is 2.64. The van der Waals surface area contributed by atoms with E-state index in [0.29, 0.717) is 9.92 Å². The van der Waals surface area contributed by atoms with Crippen molar-refractivity contribution in [2.45, 2.75) is 48.3 Å². The van der Waals surface area contributed by atoms with Gasteiger partial charge < -0.3 is 5.32 Å². The lowest BCUT2D eigenvalue weighted by Crippen LogP contribution is -2.41. The van der Waals surface area contributed by atoms with Crippen molar-refractivity contribution in [3.63, 3.8) is 0 Å². The van der Waals surface area contributed by atoms with Gasteiger partial charge in [-0.05, 0) is 44.2 Å². The van der Waals surface area contributed by atoms with E-state index in [1.54, 1.807) is 24.3 Å². The summed E-state index contributed by atoms with van der Waals surface area (Å²) in [4.78, 5) is 0.379. The van der Waals surface area contributed by atoms with Gasteiger partial charge in [0.1, 0.15) is 0 Å². The fourth-order valence-electron chi connectivity index (χ4n) is 2.77. The Morgan fingerprint density at radius 1 is 1.11 bits per heavy atom. The zero-order valence-electron chi connectivity index (χ0n) is 11.1. The number of hydrogen-bond acceptors (Lipinski definition) is 3. The maximum absolute atomic E-state index is 12.7. The molecule has 0 saturated heterocycles. The van der Waals surface area contributed by atoms with Crippen LogP contribution in [0.4, 0.5) is 0 Å². The SMILES string of the molecule is CNC1CCCCCC1S(=O)(=O)c1ccc(Cl)cc1. The Hall–Kier alpha value is -0.580. The van der Waals surface area contributed by atoms with Crippen LogP contribution in [0.5, 0.6) is 0 Å². The summed E-state index contributed by atoms with van der Waals surface area (Å²) in [6, 6.07) is 6.53. The number of nitrogens with one attached hydrogen (secondary N) is 1. The van der Waals surface area contributed by atoms with Gasteiger partial charge in [-0.3, -0.25) is 0 Å². The zero-order chi connectivity index (χ0) is 13.9. The highest BCUT2D eigenvalue weighted by atomic mass is 35.5. The maximum Gasteiger partial charge on any atom is 0.182 e. The monoisotopic (exact) mass is 301 g/mol. The summed E-state index contributed by atoms with van der Waals surface area (Å²) in [7, 11) is -1.44. The number of halogens is 1. The molecule has 0 amide bonds. The number of benzene rings is 1. The molecular formula is C14H20ClNO2S. The van der Waals surface area contributed by atoms with E-state index in [0.717, 1.165) is 32.1 Å². The van der Waals surface area contributed by atoms with Crippen molar-refractivity contribution in [1.29, 1.82) is 0 Å². The Morgan fingerprint density at radius 2 is 1.74 bits per heavy atom. The molecule has 2 atom stereocenters. The minimum atomic E-state index is -3.28. The van der Waals surface area contributed by atoms with Gasteiger partial charge in [0.25, 0.3) is 0 Å². The van der Waals surface area contributed by atoms with Crippen LogP contribution in [0.3, 0.4) is 0 Å². The van der Waals surface area contributed by atoms with Crippen LogP contribution in [0.25, 0.3) is 0 Å². The Labute approximate surface area is 120 Å². The van der Waals surface area contributed by atoms with Crippen LogP contribution in [0.15, 0.2) is 29.2 Å². The largest absolute Gasteiger partial charge is 0.316 e. The van der Waals surface area contributed by atoms with Crippen LogP contribution in [0.2, 0.25) is 5.02 Å². The van der Waals surface area contributed by atoms with Crippen LogP contribution in [-0.2, 0) is 9.84 Å². The molecule has 1 N–H and O–H groups in total. The fourth-order valence-corrected chi connectivity index (χ4v) is 4.95. The predicted molar refractivity (Wildman–Crippen MR) is 78.4 cm³/mol. The molecule has 0 heterocycles. The third kappa shape index (κ3) is 3.30. The van der Waals surface area contributed by atoms with E-state index < -0.39 is 9.84 Å². The Balaban J connectivity index is 2.33. The second kappa shape index (κ2) is 6.25. The Morgan fingerprint density at radius 3 is 2.37 bits per heavy atom. The smallest absolute Gasteiger partial charge is 0.182 e. The lowest BCUT2D eigenvalue weighted by atomic mass is 10.1. The van der Waals surface area contributed by atoms with Crippen molar-refractivity contribution in [3.8, 4) is 0 Å². The van der Waals surface area contributed by atoms with Crippen LogP contribution in [0.1, 0.15) is 32.1 Å². The summed E-state index contributed by atoms with van der Waals surface area (Å²) < 4.78 is 25.5. The molecule has 1 aromatic carbocycles. The topological polar surface area (TPSA) is 46.2 Å². The molecule has 2 unspecified atom stereocenters. The summed E-state index contributed by atoms with van der Waals surface area (Å²) in [6.07, 6.45) is 4.85. The van der Waals surface area contributed by atoms with E-state index in [9.17, 15) is 8.42 Å². The van der Waals surface area contributed by atoms with Crippen molar-refractivity contribution in [1.82, 2.24) is 5.32 Å². The summed E-state index contributed by atoms with van der Waals surface area (Å²) >= 11 is 5.82. The normalized spacial score (nSPS) is 24.9. The minimum absolute atomic E-state index is 0.0446. The summed E-state index contributed by atoms with van der Waals surface area (Å²) in [5.41, 5.74) is 0. The maximum atomic E-state index is 12.7. The van der Waals surface area contributed by atoms with Gasteiger partial charge in [-0.15, -0.1) is 0 Å². The molecule has 0 aliphatic heterocycles. The molecule has 5 heteroatoms. The van der Waals surface area contributed by atoms with Gasteiger partial charge in [0, 0.05) is 11.1 Å². The van der Waals surface area contributed by atoms with E-state index >= 15 is 0 Å². The molecule has 1 aliphatic rings. The molecule has 19 heavy (non-hydrogen) atoms. The first-order valence-electron chi connectivity index (χ1n) is 6.72. The highest BCUT2D eigenvalue weighted by Crippen LogP contribution is 2.28. The second-order valence-electron chi connectivity index (χ2n) is 5.07. The van der Waals surface area contributed by atoms with Gasteiger partial charge >= 0.3 is 0 Å². The van der Waals surface area contributed by atoms with Crippen LogP contribution in [-0.4, -0.2) is 26.8 Å². The van der Waals surface area contributed by atoms with Gasteiger partial charge in [0.05, 0.1) is 10.1 Å². The summed E-state index contributed by atoms with van der Waals surface area (Å²) in [5.74, 6) is 0. The molecule has 0 spiro atoms. The number of rotatable bonds is 3. The second-order valence-corrected chi connectivity index (χ2v) is 7.67. The summed E-state index contributed by atoms with van der Waals surface area (Å²) in [6.45, 7) is 0. The molecule has 1 fully saturated rings. The van der Waals surface area contributed by atoms with Crippen molar-refractivity contribution in [2.24, 2.45) is 0 Å². The van der Waals surface area contributed by atoms with Crippen molar-refractivity contribution >= 4 is 21.4 Å². The zero-order valence-corrected chi connectivity index (χ0v) is 12.7. The molecule has 0 aromatic heterocycles. The molecule has 0 bridgehead atoms. The first kappa shape index (κ1) is 14.8. The third-order valence-electron chi connectivity index (χ3n) is 3.86. The van der Waals surface area contributed by atoms with Gasteiger partial charge in [-0.2, -0.15) is 0 Å². The van der Waals surface area contributed by atoms with E-state index in [4.69, 9.17) is 11.6 Å². The quantitative estimate of drug-likeness (QED) is 0.873. The van der Waals surface area contributed by atoms with Crippen LogP contribution >= 0.6 is 11.6 Å². The minimum Gasteiger partial charge on any atom is -0.316 e. The highest BCUT2D eigenvalue weighted by Gasteiger charge is 2.34. The summed E-state index contributed by atoms with van der Waals surface area (Å²) in [5, 5.41) is 3.40. The molecular weight excluding hydrogens is 282 g/mol. The van der Waals surface area contributed by atoms with Gasteiger partial charge in [0.2, 0.25) is 0 Å². The standard InChI is InChI=1S/C14H20ClNO2S/c1-16-13-5-3-2-4-6-14(13)19(17,18)12-9-7-11(15)8-10-12/h7-10,13-14,16H,2-6H2,1H3. The highest BCUT2D eigenvalue weighted by molar-refractivity contribution is 7.92. The van der Waals surface area contributed by atoms with Crippen molar-refractivity contribution < 1.29 is 8.42 Å². The fraction of sp³-hybridized carbons (Fsp3) is 0.571. The molecule has 0 radical (unpaired) electrons. The number of sulfone groups is 1. The number of hydrogen-bond donors (Lipinski definition) is 1. The van der Waals surface area contributed by atoms with Gasteiger partial charge in [-0.1, -0.05) is 30.9 Å². The van der Waals surface area contributed by atoms with Gasteiger partial charge in [0.15, 0.2) is 9.84 Å².